The number of H-pyrrole nitrogens is 1. The number of aromatic amines is 1. The second kappa shape index (κ2) is 8.83. The Morgan fingerprint density at radius 1 is 1.18 bits per heavy atom. The number of nitrogens with two attached hydrogens (primary N) is 1. The summed E-state index contributed by atoms with van der Waals surface area (Å²) in [7, 11) is -0.700. The summed E-state index contributed by atoms with van der Waals surface area (Å²) in [5.74, 6) is 0.295. The van der Waals surface area contributed by atoms with Crippen molar-refractivity contribution in [2.45, 2.75) is 45.5 Å². The Balaban J connectivity index is 1.55. The molecule has 2 aromatic heterocycles. The predicted octanol–water partition coefficient (Wildman–Crippen LogP) is 2.88. The number of carbonyl (C=O) groups excluding carboxylic acids is 1. The van der Waals surface area contributed by atoms with Crippen molar-refractivity contribution in [3.8, 4) is 0 Å². The van der Waals surface area contributed by atoms with Gasteiger partial charge in [-0.2, -0.15) is 5.10 Å². The minimum absolute atomic E-state index is 0.124. The van der Waals surface area contributed by atoms with Crippen LogP contribution in [0.5, 0.6) is 0 Å². The minimum Gasteiger partial charge on any atom is -0.445 e. The number of ether oxygens (including phenoxy) is 1. The van der Waals surface area contributed by atoms with E-state index < -0.39 is 24.4 Å². The molecule has 33 heavy (non-hydrogen) atoms. The largest absolute Gasteiger partial charge is 0.492 e. The molecule has 0 saturated carbocycles. The first-order chi connectivity index (χ1) is 15.7. The van der Waals surface area contributed by atoms with Crippen LogP contribution in [0, 0.1) is 0 Å². The molecule has 1 fully saturated rings. The minimum atomic E-state index is -0.700. The van der Waals surface area contributed by atoms with Crippen LogP contribution in [0.3, 0.4) is 0 Å². The van der Waals surface area contributed by atoms with E-state index in [0.29, 0.717) is 28.0 Å². The molecule has 1 amide bonds. The van der Waals surface area contributed by atoms with Gasteiger partial charge in [-0.3, -0.25) is 5.10 Å². The average molecular weight is 450 g/mol. The molecule has 4 N–H and O–H groups in total. The number of benzene rings is 1. The molecular formula is C22H27BN6O4. The van der Waals surface area contributed by atoms with Crippen LogP contribution in [-0.2, 0) is 20.7 Å². The summed E-state index contributed by atoms with van der Waals surface area (Å²) in [6, 6.07) is 9.46. The number of carbonyl (C=O) groups is 1. The van der Waals surface area contributed by atoms with E-state index in [0.717, 1.165) is 5.56 Å². The third-order valence-electron chi connectivity index (χ3n) is 5.94. The molecule has 1 saturated heterocycles. The second-order valence-corrected chi connectivity index (χ2v) is 8.82. The number of amides is 1. The van der Waals surface area contributed by atoms with Gasteiger partial charge in [-0.15, -0.1) is 0 Å². The molecule has 3 heterocycles. The van der Waals surface area contributed by atoms with Crippen molar-refractivity contribution in [1.82, 2.24) is 25.5 Å². The second-order valence-electron chi connectivity index (χ2n) is 8.82. The number of nitrogens with zero attached hydrogens (tertiary/aromatic N) is 3. The van der Waals surface area contributed by atoms with Crippen LogP contribution >= 0.6 is 0 Å². The quantitative estimate of drug-likeness (QED) is 0.488. The lowest BCUT2D eigenvalue weighted by Crippen LogP contribution is -2.41. The van der Waals surface area contributed by atoms with Crippen molar-refractivity contribution >= 4 is 36.1 Å². The molecule has 172 valence electrons. The number of nitrogens with one attached hydrogen (secondary N) is 2. The molecule has 1 aromatic carbocycles. The van der Waals surface area contributed by atoms with E-state index in [2.05, 4.69) is 25.5 Å². The van der Waals surface area contributed by atoms with Gasteiger partial charge >= 0.3 is 13.2 Å². The summed E-state index contributed by atoms with van der Waals surface area (Å²) in [6.07, 6.45) is 2.58. The van der Waals surface area contributed by atoms with Gasteiger partial charge in [-0.05, 0) is 44.8 Å². The van der Waals surface area contributed by atoms with Gasteiger partial charge in [0.15, 0.2) is 5.65 Å². The molecule has 1 aliphatic heterocycles. The van der Waals surface area contributed by atoms with Crippen molar-refractivity contribution in [2.24, 2.45) is 0 Å². The number of alkyl carbamates (subject to hydrolysis) is 1. The summed E-state index contributed by atoms with van der Waals surface area (Å²) in [5, 5.41) is 10.5. The highest BCUT2D eigenvalue weighted by Crippen LogP contribution is 2.39. The van der Waals surface area contributed by atoms with Crippen LogP contribution in [0.4, 0.5) is 10.6 Å². The highest BCUT2D eigenvalue weighted by Gasteiger charge is 2.52. The first-order valence-corrected chi connectivity index (χ1v) is 10.6. The molecule has 0 radical (unpaired) electrons. The Bertz CT molecular complexity index is 1160. The first-order valence-electron chi connectivity index (χ1n) is 10.6. The molecule has 0 bridgehead atoms. The van der Waals surface area contributed by atoms with Gasteiger partial charge in [-0.25, -0.2) is 14.8 Å². The summed E-state index contributed by atoms with van der Waals surface area (Å²) in [5.41, 5.74) is 7.52. The maximum atomic E-state index is 12.4. The van der Waals surface area contributed by atoms with E-state index in [1.54, 1.807) is 6.08 Å². The van der Waals surface area contributed by atoms with Crippen molar-refractivity contribution < 1.29 is 18.8 Å². The molecule has 0 spiro atoms. The van der Waals surface area contributed by atoms with Gasteiger partial charge in [0.1, 0.15) is 18.8 Å². The molecule has 11 heteroatoms. The number of anilines is 1. The highest BCUT2D eigenvalue weighted by atomic mass is 16.7. The third-order valence-corrected chi connectivity index (χ3v) is 5.94. The van der Waals surface area contributed by atoms with E-state index in [1.165, 1.54) is 6.33 Å². The van der Waals surface area contributed by atoms with Gasteiger partial charge in [0.05, 0.1) is 22.3 Å². The van der Waals surface area contributed by atoms with Gasteiger partial charge < -0.3 is 25.1 Å². The smallest absolute Gasteiger partial charge is 0.445 e. The van der Waals surface area contributed by atoms with Gasteiger partial charge in [-0.1, -0.05) is 30.3 Å². The number of fused-ring (bicyclic) bond motifs is 1. The van der Waals surface area contributed by atoms with Crippen LogP contribution < -0.4 is 11.1 Å². The normalized spacial score (nSPS) is 17.3. The fourth-order valence-corrected chi connectivity index (χ4v) is 3.34. The molecule has 0 atom stereocenters. The maximum absolute atomic E-state index is 12.4. The monoisotopic (exact) mass is 450 g/mol. The fourth-order valence-electron chi connectivity index (χ4n) is 3.34. The molecule has 10 nitrogen and oxygen atoms in total. The van der Waals surface area contributed by atoms with E-state index in [-0.39, 0.29) is 13.2 Å². The average Bonchev–Trinajstić information content (AvgIpc) is 3.28. The van der Waals surface area contributed by atoms with Crippen molar-refractivity contribution in [3.63, 3.8) is 0 Å². The zero-order chi connectivity index (χ0) is 23.6. The molecule has 0 aliphatic carbocycles. The lowest BCUT2D eigenvalue weighted by molar-refractivity contribution is 0.00578. The van der Waals surface area contributed by atoms with Crippen LogP contribution in [0.15, 0.2) is 42.1 Å². The SMILES string of the molecule is CC1(C)OB(C(=Cc2[nH]nc3ncnc(N)c23)CNC(=O)OCc2ccccc2)OC1(C)C. The van der Waals surface area contributed by atoms with Gasteiger partial charge in [0.2, 0.25) is 0 Å². The van der Waals surface area contributed by atoms with Crippen LogP contribution in [-0.4, -0.2) is 51.1 Å². The number of aromatic nitrogens is 4. The van der Waals surface area contributed by atoms with E-state index >= 15 is 0 Å². The topological polar surface area (TPSA) is 137 Å². The number of rotatable bonds is 6. The zero-order valence-corrected chi connectivity index (χ0v) is 19.1. The van der Waals surface area contributed by atoms with Crippen LogP contribution in [0.1, 0.15) is 39.0 Å². The zero-order valence-electron chi connectivity index (χ0n) is 19.1. The highest BCUT2D eigenvalue weighted by molar-refractivity contribution is 6.56. The number of nitrogen functional groups attached to an aromatic ring is 1. The lowest BCUT2D eigenvalue weighted by atomic mass is 9.77. The first kappa shape index (κ1) is 22.7. The van der Waals surface area contributed by atoms with Crippen LogP contribution in [0.2, 0.25) is 0 Å². The Kier molecular flexibility index (Phi) is 6.09. The lowest BCUT2D eigenvalue weighted by Gasteiger charge is -2.32. The number of hydrogen-bond donors (Lipinski definition) is 3. The summed E-state index contributed by atoms with van der Waals surface area (Å²) < 4.78 is 17.7. The van der Waals surface area contributed by atoms with Crippen molar-refractivity contribution in [2.75, 3.05) is 12.3 Å². The Hall–Kier alpha value is -3.44. The van der Waals surface area contributed by atoms with Gasteiger partial charge in [0, 0.05) is 6.54 Å². The van der Waals surface area contributed by atoms with E-state index in [9.17, 15) is 4.79 Å². The predicted molar refractivity (Wildman–Crippen MR) is 125 cm³/mol. The Labute approximate surface area is 192 Å². The molecule has 1 aliphatic rings. The Morgan fingerprint density at radius 3 is 2.58 bits per heavy atom. The summed E-state index contributed by atoms with van der Waals surface area (Å²) in [6.45, 7) is 8.14. The van der Waals surface area contributed by atoms with Crippen molar-refractivity contribution in [1.29, 1.82) is 0 Å². The van der Waals surface area contributed by atoms with E-state index in [4.69, 9.17) is 19.8 Å². The molecule has 0 unspecified atom stereocenters. The van der Waals surface area contributed by atoms with E-state index in [1.807, 2.05) is 58.0 Å². The maximum Gasteiger partial charge on any atom is 0.492 e. The van der Waals surface area contributed by atoms with Gasteiger partial charge in [0.25, 0.3) is 0 Å². The Morgan fingerprint density at radius 2 is 1.88 bits per heavy atom. The number of hydrogen-bond acceptors (Lipinski definition) is 8. The summed E-state index contributed by atoms with van der Waals surface area (Å²) >= 11 is 0. The standard InChI is InChI=1S/C22H27BN6O4/c1-21(2)22(3,4)33-23(32-21)15(10-16-17-18(24)26-13-27-19(17)29-28-16)11-25-20(30)31-12-14-8-6-5-7-9-14/h5-10,13H,11-12H2,1-4H3,(H,25,30)(H3,24,26,27,28,29). The summed E-state index contributed by atoms with van der Waals surface area (Å²) in [4.78, 5) is 20.5. The van der Waals surface area contributed by atoms with Crippen molar-refractivity contribution in [3.05, 3.63) is 53.4 Å². The molecule has 3 aromatic rings. The molecular weight excluding hydrogens is 423 g/mol. The molecule has 4 rings (SSSR count). The fraction of sp³-hybridized carbons (Fsp3) is 0.364. The van der Waals surface area contributed by atoms with Crippen LogP contribution in [0.25, 0.3) is 17.1 Å². The third kappa shape index (κ3) is 4.84.